The fourth-order valence-corrected chi connectivity index (χ4v) is 1.86. The van der Waals surface area contributed by atoms with Crippen molar-refractivity contribution in [3.63, 3.8) is 0 Å². The molecule has 16 heavy (non-hydrogen) atoms. The summed E-state index contributed by atoms with van der Waals surface area (Å²) in [5, 5.41) is 10.1. The van der Waals surface area contributed by atoms with E-state index in [-0.39, 0.29) is 0 Å². The Morgan fingerprint density at radius 1 is 1.44 bits per heavy atom. The molecule has 0 bridgehead atoms. The molecule has 3 heteroatoms. The van der Waals surface area contributed by atoms with Gasteiger partial charge in [0, 0.05) is 6.54 Å². The van der Waals surface area contributed by atoms with Gasteiger partial charge in [-0.2, -0.15) is 0 Å². The summed E-state index contributed by atoms with van der Waals surface area (Å²) in [5.74, 6) is 0.675. The van der Waals surface area contributed by atoms with Crippen molar-refractivity contribution >= 4 is 11.0 Å². The topological polar surface area (TPSA) is 38.0 Å². The Bertz CT molecular complexity index is 520. The average molecular weight is 216 g/mol. The Labute approximate surface area is 95.0 Å². The molecule has 0 spiro atoms. The van der Waals surface area contributed by atoms with Crippen LogP contribution in [0, 0.1) is 0 Å². The Balaban J connectivity index is 2.72. The standard InChI is InChI=1S/C13H16N2O/c1-4-9-15-11-8-6-5-7-10(11)14-12(15)13(2,3)16/h4-8,16H,1,9H2,2-3H3. The summed E-state index contributed by atoms with van der Waals surface area (Å²) < 4.78 is 1.99. The Morgan fingerprint density at radius 2 is 2.12 bits per heavy atom. The number of hydrogen-bond acceptors (Lipinski definition) is 2. The van der Waals surface area contributed by atoms with E-state index in [2.05, 4.69) is 11.6 Å². The van der Waals surface area contributed by atoms with Crippen LogP contribution in [0.2, 0.25) is 0 Å². The average Bonchev–Trinajstić information content (AvgIpc) is 2.58. The predicted octanol–water partition coefficient (Wildman–Crippen LogP) is 2.45. The number of benzene rings is 1. The molecule has 0 saturated heterocycles. The highest BCUT2D eigenvalue weighted by molar-refractivity contribution is 5.76. The molecule has 0 radical (unpaired) electrons. The number of rotatable bonds is 3. The summed E-state index contributed by atoms with van der Waals surface area (Å²) in [6.07, 6.45) is 1.81. The van der Waals surface area contributed by atoms with Gasteiger partial charge in [-0.15, -0.1) is 6.58 Å². The lowest BCUT2D eigenvalue weighted by Crippen LogP contribution is -2.22. The quantitative estimate of drug-likeness (QED) is 0.800. The van der Waals surface area contributed by atoms with E-state index < -0.39 is 5.60 Å². The molecule has 0 aliphatic carbocycles. The lowest BCUT2D eigenvalue weighted by Gasteiger charge is -2.18. The fraction of sp³-hybridized carbons (Fsp3) is 0.308. The molecule has 1 aromatic carbocycles. The van der Waals surface area contributed by atoms with Gasteiger partial charge < -0.3 is 9.67 Å². The summed E-state index contributed by atoms with van der Waals surface area (Å²) in [4.78, 5) is 4.47. The third-order valence-electron chi connectivity index (χ3n) is 2.51. The van der Waals surface area contributed by atoms with Gasteiger partial charge in [-0.25, -0.2) is 4.98 Å². The van der Waals surface area contributed by atoms with Crippen molar-refractivity contribution < 1.29 is 5.11 Å². The van der Waals surface area contributed by atoms with Gasteiger partial charge in [0.15, 0.2) is 0 Å². The highest BCUT2D eigenvalue weighted by Crippen LogP contribution is 2.24. The molecule has 3 nitrogen and oxygen atoms in total. The molecule has 0 aliphatic heterocycles. The van der Waals surface area contributed by atoms with E-state index in [4.69, 9.17) is 0 Å². The molecule has 2 rings (SSSR count). The van der Waals surface area contributed by atoms with Crippen molar-refractivity contribution in [3.8, 4) is 0 Å². The van der Waals surface area contributed by atoms with Gasteiger partial charge in [0.05, 0.1) is 11.0 Å². The molecular weight excluding hydrogens is 200 g/mol. The van der Waals surface area contributed by atoms with Crippen LogP contribution < -0.4 is 0 Å². The van der Waals surface area contributed by atoms with Crippen LogP contribution in [0.1, 0.15) is 19.7 Å². The highest BCUT2D eigenvalue weighted by Gasteiger charge is 2.23. The van der Waals surface area contributed by atoms with Gasteiger partial charge in [-0.1, -0.05) is 18.2 Å². The number of imidazole rings is 1. The van der Waals surface area contributed by atoms with E-state index in [1.165, 1.54) is 0 Å². The molecule has 0 amide bonds. The maximum absolute atomic E-state index is 10.1. The van der Waals surface area contributed by atoms with Gasteiger partial charge >= 0.3 is 0 Å². The van der Waals surface area contributed by atoms with Gasteiger partial charge in [0.2, 0.25) is 0 Å². The minimum Gasteiger partial charge on any atom is -0.383 e. The second kappa shape index (κ2) is 3.76. The van der Waals surface area contributed by atoms with Crippen LogP contribution in [-0.4, -0.2) is 14.7 Å². The molecule has 84 valence electrons. The molecule has 1 aromatic heterocycles. The van der Waals surface area contributed by atoms with E-state index in [1.807, 2.05) is 34.9 Å². The van der Waals surface area contributed by atoms with Gasteiger partial charge in [0.25, 0.3) is 0 Å². The summed E-state index contributed by atoms with van der Waals surface area (Å²) in [6.45, 7) is 7.88. The third kappa shape index (κ3) is 1.74. The number of aliphatic hydroxyl groups is 1. The molecular formula is C13H16N2O. The Kier molecular flexibility index (Phi) is 2.56. The number of hydrogen-bond donors (Lipinski definition) is 1. The predicted molar refractivity (Wildman–Crippen MR) is 65.2 cm³/mol. The maximum Gasteiger partial charge on any atom is 0.141 e. The van der Waals surface area contributed by atoms with E-state index in [1.54, 1.807) is 13.8 Å². The van der Waals surface area contributed by atoms with E-state index in [0.29, 0.717) is 12.4 Å². The Hall–Kier alpha value is -1.61. The minimum absolute atomic E-state index is 0.653. The number of para-hydroxylation sites is 2. The SMILES string of the molecule is C=CCn1c(C(C)(C)O)nc2ccccc21. The zero-order valence-corrected chi connectivity index (χ0v) is 9.64. The fourth-order valence-electron chi connectivity index (χ4n) is 1.86. The van der Waals surface area contributed by atoms with Crippen molar-refractivity contribution in [3.05, 3.63) is 42.7 Å². The second-order valence-electron chi connectivity index (χ2n) is 4.38. The van der Waals surface area contributed by atoms with Crippen LogP contribution in [-0.2, 0) is 12.1 Å². The van der Waals surface area contributed by atoms with E-state index in [9.17, 15) is 5.11 Å². The third-order valence-corrected chi connectivity index (χ3v) is 2.51. The molecule has 1 heterocycles. The van der Waals surface area contributed by atoms with Gasteiger partial charge in [-0.05, 0) is 26.0 Å². The van der Waals surface area contributed by atoms with Crippen LogP contribution in [0.3, 0.4) is 0 Å². The zero-order valence-electron chi connectivity index (χ0n) is 9.64. The van der Waals surface area contributed by atoms with Crippen LogP contribution in [0.15, 0.2) is 36.9 Å². The van der Waals surface area contributed by atoms with Gasteiger partial charge in [0.1, 0.15) is 11.4 Å². The lowest BCUT2D eigenvalue weighted by atomic mass is 10.1. The molecule has 0 unspecified atom stereocenters. The maximum atomic E-state index is 10.1. The molecule has 2 aromatic rings. The van der Waals surface area contributed by atoms with Gasteiger partial charge in [-0.3, -0.25) is 0 Å². The molecule has 1 N–H and O–H groups in total. The van der Waals surface area contributed by atoms with Crippen molar-refractivity contribution in [1.82, 2.24) is 9.55 Å². The largest absolute Gasteiger partial charge is 0.383 e. The number of allylic oxidation sites excluding steroid dienone is 1. The van der Waals surface area contributed by atoms with Crippen LogP contribution in [0.25, 0.3) is 11.0 Å². The van der Waals surface area contributed by atoms with Crippen molar-refractivity contribution in [2.24, 2.45) is 0 Å². The first kappa shape index (κ1) is 10.9. The van der Waals surface area contributed by atoms with Crippen LogP contribution in [0.4, 0.5) is 0 Å². The number of fused-ring (bicyclic) bond motifs is 1. The zero-order chi connectivity index (χ0) is 11.8. The number of nitrogens with zero attached hydrogens (tertiary/aromatic N) is 2. The number of aromatic nitrogens is 2. The van der Waals surface area contributed by atoms with Crippen molar-refractivity contribution in [2.75, 3.05) is 0 Å². The molecule has 0 fully saturated rings. The molecule has 0 aliphatic rings. The minimum atomic E-state index is -0.942. The van der Waals surface area contributed by atoms with Crippen molar-refractivity contribution in [1.29, 1.82) is 0 Å². The highest BCUT2D eigenvalue weighted by atomic mass is 16.3. The normalized spacial score (nSPS) is 11.9. The first-order chi connectivity index (χ1) is 7.54. The summed E-state index contributed by atoms with van der Waals surface area (Å²) in [7, 11) is 0. The first-order valence-electron chi connectivity index (χ1n) is 5.33. The molecule has 0 atom stereocenters. The van der Waals surface area contributed by atoms with E-state index >= 15 is 0 Å². The van der Waals surface area contributed by atoms with Crippen LogP contribution in [0.5, 0.6) is 0 Å². The summed E-state index contributed by atoms with van der Waals surface area (Å²) >= 11 is 0. The van der Waals surface area contributed by atoms with E-state index in [0.717, 1.165) is 11.0 Å². The Morgan fingerprint density at radius 3 is 2.75 bits per heavy atom. The lowest BCUT2D eigenvalue weighted by molar-refractivity contribution is 0.0658. The summed E-state index contributed by atoms with van der Waals surface area (Å²) in [6, 6.07) is 7.87. The smallest absolute Gasteiger partial charge is 0.141 e. The van der Waals surface area contributed by atoms with Crippen molar-refractivity contribution in [2.45, 2.75) is 26.0 Å². The monoisotopic (exact) mass is 216 g/mol. The first-order valence-corrected chi connectivity index (χ1v) is 5.33. The molecule has 0 saturated carbocycles. The second-order valence-corrected chi connectivity index (χ2v) is 4.38. The van der Waals surface area contributed by atoms with Crippen LogP contribution >= 0.6 is 0 Å². The summed E-state index contributed by atoms with van der Waals surface area (Å²) in [5.41, 5.74) is 0.989.